The Morgan fingerprint density at radius 2 is 1.76 bits per heavy atom. The van der Waals surface area contributed by atoms with E-state index in [2.05, 4.69) is 34.5 Å². The molecule has 1 unspecified atom stereocenters. The molecule has 2 N–H and O–H groups in total. The Labute approximate surface area is 149 Å². The van der Waals surface area contributed by atoms with Crippen LogP contribution in [0.5, 0.6) is 0 Å². The van der Waals surface area contributed by atoms with E-state index in [0.29, 0.717) is 19.6 Å². The molecule has 0 saturated carbocycles. The first-order valence-corrected chi connectivity index (χ1v) is 8.94. The van der Waals surface area contributed by atoms with Crippen LogP contribution < -0.4 is 5.32 Å². The van der Waals surface area contributed by atoms with E-state index in [-0.39, 0.29) is 5.92 Å². The minimum Gasteiger partial charge on any atom is -0.390 e. The standard InChI is InChI=1S/C21H26N2O2/c24-16-20(17-6-2-1-3-7-17)12-22-13-21(25)15-23-11-10-18-8-4-5-9-19(18)14-23/h1-9,16,20-22,25H,10-15H2/t20?,21-/m1/s1. The number of rotatable bonds is 8. The third kappa shape index (κ3) is 4.98. The molecule has 0 spiro atoms. The van der Waals surface area contributed by atoms with Gasteiger partial charge in [0.15, 0.2) is 0 Å². The summed E-state index contributed by atoms with van der Waals surface area (Å²) < 4.78 is 0. The summed E-state index contributed by atoms with van der Waals surface area (Å²) in [6.45, 7) is 3.57. The van der Waals surface area contributed by atoms with Crippen molar-refractivity contribution in [3.05, 3.63) is 71.3 Å². The van der Waals surface area contributed by atoms with Gasteiger partial charge in [0.1, 0.15) is 6.29 Å². The lowest BCUT2D eigenvalue weighted by molar-refractivity contribution is -0.109. The summed E-state index contributed by atoms with van der Waals surface area (Å²) >= 11 is 0. The van der Waals surface area contributed by atoms with E-state index in [1.165, 1.54) is 11.1 Å². The predicted molar refractivity (Wildman–Crippen MR) is 99.5 cm³/mol. The number of hydrogen-bond donors (Lipinski definition) is 2. The van der Waals surface area contributed by atoms with E-state index in [4.69, 9.17) is 0 Å². The molecule has 0 bridgehead atoms. The van der Waals surface area contributed by atoms with E-state index >= 15 is 0 Å². The highest BCUT2D eigenvalue weighted by Gasteiger charge is 2.18. The van der Waals surface area contributed by atoms with Gasteiger partial charge in [-0.05, 0) is 23.1 Å². The van der Waals surface area contributed by atoms with E-state index in [9.17, 15) is 9.90 Å². The second-order valence-electron chi connectivity index (χ2n) is 6.72. The number of benzene rings is 2. The lowest BCUT2D eigenvalue weighted by atomic mass is 9.99. The van der Waals surface area contributed by atoms with Gasteiger partial charge in [0, 0.05) is 32.7 Å². The first kappa shape index (κ1) is 17.8. The molecule has 0 aliphatic carbocycles. The summed E-state index contributed by atoms with van der Waals surface area (Å²) in [6, 6.07) is 18.3. The fraction of sp³-hybridized carbons (Fsp3) is 0.381. The molecular formula is C21H26N2O2. The SMILES string of the molecule is O=CC(CNC[C@@H](O)CN1CCc2ccccc2C1)c1ccccc1. The van der Waals surface area contributed by atoms with Crippen molar-refractivity contribution in [3.8, 4) is 0 Å². The minimum atomic E-state index is -0.437. The molecule has 2 atom stereocenters. The van der Waals surface area contributed by atoms with Crippen molar-refractivity contribution >= 4 is 6.29 Å². The van der Waals surface area contributed by atoms with Gasteiger partial charge in [-0.2, -0.15) is 0 Å². The van der Waals surface area contributed by atoms with Crippen molar-refractivity contribution in [3.63, 3.8) is 0 Å². The molecule has 3 rings (SSSR count). The lowest BCUT2D eigenvalue weighted by Gasteiger charge is -2.30. The molecular weight excluding hydrogens is 312 g/mol. The van der Waals surface area contributed by atoms with Gasteiger partial charge in [-0.1, -0.05) is 54.6 Å². The van der Waals surface area contributed by atoms with Crippen LogP contribution in [0.1, 0.15) is 22.6 Å². The van der Waals surface area contributed by atoms with E-state index in [1.807, 2.05) is 30.3 Å². The minimum absolute atomic E-state index is 0.171. The summed E-state index contributed by atoms with van der Waals surface area (Å²) in [6.07, 6.45) is 1.57. The molecule has 1 aliphatic heterocycles. The highest BCUT2D eigenvalue weighted by Crippen LogP contribution is 2.18. The molecule has 0 fully saturated rings. The zero-order chi connectivity index (χ0) is 17.5. The molecule has 2 aromatic carbocycles. The van der Waals surface area contributed by atoms with Gasteiger partial charge in [0.05, 0.1) is 12.0 Å². The number of β-amino-alcohol motifs (C(OH)–C–C–N with tert-alkyl or cyclic N) is 1. The van der Waals surface area contributed by atoms with Crippen LogP contribution in [0, 0.1) is 0 Å². The van der Waals surface area contributed by atoms with Crippen LogP contribution in [0.3, 0.4) is 0 Å². The average Bonchev–Trinajstić information content (AvgIpc) is 2.66. The Morgan fingerprint density at radius 3 is 2.52 bits per heavy atom. The summed E-state index contributed by atoms with van der Waals surface area (Å²) in [5.41, 5.74) is 3.79. The number of hydrogen-bond acceptors (Lipinski definition) is 4. The molecule has 132 valence electrons. The van der Waals surface area contributed by atoms with Crippen molar-refractivity contribution in [2.75, 3.05) is 26.2 Å². The number of fused-ring (bicyclic) bond motifs is 1. The number of aliphatic hydroxyl groups is 1. The van der Waals surface area contributed by atoms with Gasteiger partial charge in [-0.3, -0.25) is 4.90 Å². The Morgan fingerprint density at radius 1 is 1.04 bits per heavy atom. The van der Waals surface area contributed by atoms with Gasteiger partial charge in [-0.15, -0.1) is 0 Å². The molecule has 1 heterocycles. The van der Waals surface area contributed by atoms with Gasteiger partial charge in [-0.25, -0.2) is 0 Å². The van der Waals surface area contributed by atoms with Crippen LogP contribution in [0.2, 0.25) is 0 Å². The number of aldehydes is 1. The molecule has 4 heteroatoms. The van der Waals surface area contributed by atoms with Gasteiger partial charge in [0.25, 0.3) is 0 Å². The Balaban J connectivity index is 1.43. The van der Waals surface area contributed by atoms with E-state index < -0.39 is 6.10 Å². The molecule has 0 radical (unpaired) electrons. The van der Waals surface area contributed by atoms with Gasteiger partial charge >= 0.3 is 0 Å². The topological polar surface area (TPSA) is 52.6 Å². The second-order valence-corrected chi connectivity index (χ2v) is 6.72. The molecule has 0 saturated heterocycles. The van der Waals surface area contributed by atoms with Crippen molar-refractivity contribution in [1.82, 2.24) is 10.2 Å². The molecule has 1 aliphatic rings. The van der Waals surface area contributed by atoms with Crippen LogP contribution in [0.4, 0.5) is 0 Å². The van der Waals surface area contributed by atoms with Crippen molar-refractivity contribution in [2.45, 2.75) is 25.0 Å². The number of nitrogens with zero attached hydrogens (tertiary/aromatic N) is 1. The highest BCUT2D eigenvalue weighted by molar-refractivity contribution is 5.62. The Bertz CT molecular complexity index is 675. The zero-order valence-electron chi connectivity index (χ0n) is 14.5. The lowest BCUT2D eigenvalue weighted by Crippen LogP contribution is -2.41. The number of aliphatic hydroxyl groups excluding tert-OH is 1. The van der Waals surface area contributed by atoms with Crippen molar-refractivity contribution in [2.24, 2.45) is 0 Å². The smallest absolute Gasteiger partial charge is 0.128 e. The van der Waals surface area contributed by atoms with Crippen LogP contribution in [0.25, 0.3) is 0 Å². The van der Waals surface area contributed by atoms with Crippen LogP contribution >= 0.6 is 0 Å². The maximum atomic E-state index is 11.3. The Hall–Kier alpha value is -2.01. The van der Waals surface area contributed by atoms with E-state index in [1.54, 1.807) is 0 Å². The third-order valence-electron chi connectivity index (χ3n) is 4.81. The normalized spacial score (nSPS) is 16.8. The summed E-state index contributed by atoms with van der Waals surface area (Å²) in [5, 5.41) is 13.5. The number of nitrogens with one attached hydrogen (secondary N) is 1. The maximum Gasteiger partial charge on any atom is 0.128 e. The summed E-state index contributed by atoms with van der Waals surface area (Å²) in [4.78, 5) is 13.6. The van der Waals surface area contributed by atoms with E-state index in [0.717, 1.165) is 31.4 Å². The maximum absolute atomic E-state index is 11.3. The molecule has 2 aromatic rings. The zero-order valence-corrected chi connectivity index (χ0v) is 14.5. The first-order valence-electron chi connectivity index (χ1n) is 8.94. The van der Waals surface area contributed by atoms with Crippen LogP contribution in [-0.2, 0) is 17.8 Å². The quantitative estimate of drug-likeness (QED) is 0.723. The van der Waals surface area contributed by atoms with Crippen molar-refractivity contribution < 1.29 is 9.90 Å². The largest absolute Gasteiger partial charge is 0.390 e. The molecule has 0 aromatic heterocycles. The predicted octanol–water partition coefficient (Wildman–Crippen LogP) is 1.98. The monoisotopic (exact) mass is 338 g/mol. The molecule has 0 amide bonds. The Kier molecular flexibility index (Phi) is 6.34. The van der Waals surface area contributed by atoms with Crippen LogP contribution in [-0.4, -0.2) is 48.6 Å². The third-order valence-corrected chi connectivity index (χ3v) is 4.81. The highest BCUT2D eigenvalue weighted by atomic mass is 16.3. The molecule has 4 nitrogen and oxygen atoms in total. The summed E-state index contributed by atoms with van der Waals surface area (Å²) in [7, 11) is 0. The first-order chi connectivity index (χ1) is 12.3. The van der Waals surface area contributed by atoms with Crippen molar-refractivity contribution in [1.29, 1.82) is 0 Å². The average molecular weight is 338 g/mol. The number of carbonyl (C=O) groups excluding carboxylic acids is 1. The fourth-order valence-corrected chi connectivity index (χ4v) is 3.42. The number of carbonyl (C=O) groups is 1. The van der Waals surface area contributed by atoms with Gasteiger partial charge in [0.2, 0.25) is 0 Å². The van der Waals surface area contributed by atoms with Gasteiger partial charge < -0.3 is 15.2 Å². The van der Waals surface area contributed by atoms with Crippen LogP contribution in [0.15, 0.2) is 54.6 Å². The fourth-order valence-electron chi connectivity index (χ4n) is 3.42. The second kappa shape index (κ2) is 8.90. The molecule has 25 heavy (non-hydrogen) atoms. The summed E-state index contributed by atoms with van der Waals surface area (Å²) in [5.74, 6) is -0.171.